The molecule has 6 nitrogen and oxygen atoms in total. The van der Waals surface area contributed by atoms with Gasteiger partial charge in [-0.05, 0) is 54.7 Å². The van der Waals surface area contributed by atoms with Gasteiger partial charge in [-0.15, -0.1) is 0 Å². The Morgan fingerprint density at radius 3 is 2.87 bits per heavy atom. The van der Waals surface area contributed by atoms with E-state index >= 15 is 0 Å². The van der Waals surface area contributed by atoms with Crippen molar-refractivity contribution < 1.29 is 5.11 Å². The van der Waals surface area contributed by atoms with Crippen molar-refractivity contribution in [3.8, 4) is 11.1 Å². The second-order valence-electron chi connectivity index (χ2n) is 7.85. The van der Waals surface area contributed by atoms with Crippen molar-refractivity contribution in [1.29, 1.82) is 0 Å². The molecule has 0 fully saturated rings. The topological polar surface area (TPSA) is 88.1 Å². The second kappa shape index (κ2) is 8.63. The molecule has 1 atom stereocenters. The fraction of sp³-hybridized carbons (Fsp3) is 0.292. The van der Waals surface area contributed by atoms with Crippen LogP contribution in [0, 0.1) is 0 Å². The summed E-state index contributed by atoms with van der Waals surface area (Å²) in [7, 11) is 1.93. The van der Waals surface area contributed by atoms with Gasteiger partial charge in [-0.25, -0.2) is 0 Å². The standard InChI is InChI=1S/C24H29N5O/c1-16(25)24-21-7-6-18(19-14-27-29(2)15-19)13-22(21)23(8-10-26-24)28-20-5-3-4-17(12-20)9-11-30/h3-7,12-15,23,26,28,30H,8-11,25H2,1-2H3/b24-16-. The smallest absolute Gasteiger partial charge is 0.0605 e. The van der Waals surface area contributed by atoms with E-state index in [9.17, 15) is 5.11 Å². The highest BCUT2D eigenvalue weighted by atomic mass is 16.2. The third-order valence-electron chi connectivity index (χ3n) is 5.53. The normalized spacial score (nSPS) is 17.6. The molecular weight excluding hydrogens is 374 g/mol. The number of rotatable bonds is 5. The summed E-state index contributed by atoms with van der Waals surface area (Å²) in [5.41, 5.74) is 14.8. The lowest BCUT2D eigenvalue weighted by Gasteiger charge is -2.22. The number of nitrogens with zero attached hydrogens (tertiary/aromatic N) is 2. The van der Waals surface area contributed by atoms with Gasteiger partial charge in [-0.2, -0.15) is 5.10 Å². The Hall–Kier alpha value is -3.25. The van der Waals surface area contributed by atoms with Crippen molar-refractivity contribution in [2.24, 2.45) is 12.8 Å². The van der Waals surface area contributed by atoms with E-state index in [2.05, 4.69) is 46.1 Å². The van der Waals surface area contributed by atoms with Crippen molar-refractivity contribution in [2.45, 2.75) is 25.8 Å². The summed E-state index contributed by atoms with van der Waals surface area (Å²) in [5.74, 6) is 0. The number of aryl methyl sites for hydroxylation is 1. The van der Waals surface area contributed by atoms with Crippen LogP contribution in [0.25, 0.3) is 16.8 Å². The van der Waals surface area contributed by atoms with Gasteiger partial charge in [0.05, 0.1) is 17.9 Å². The third kappa shape index (κ3) is 4.19. The average molecular weight is 404 g/mol. The first kappa shape index (κ1) is 20.0. The SMILES string of the molecule is C/C(N)=C1/NCCC(Nc2cccc(CCO)c2)c2cc(-c3cnn(C)c3)ccc21. The molecule has 0 aliphatic carbocycles. The van der Waals surface area contributed by atoms with E-state index in [0.29, 0.717) is 6.42 Å². The van der Waals surface area contributed by atoms with Gasteiger partial charge in [0.1, 0.15) is 0 Å². The number of anilines is 1. The van der Waals surface area contributed by atoms with Crippen LogP contribution in [0.1, 0.15) is 36.1 Å². The van der Waals surface area contributed by atoms with Gasteiger partial charge >= 0.3 is 0 Å². The second-order valence-corrected chi connectivity index (χ2v) is 7.85. The lowest BCUT2D eigenvalue weighted by Crippen LogP contribution is -2.16. The summed E-state index contributed by atoms with van der Waals surface area (Å²) >= 11 is 0. The van der Waals surface area contributed by atoms with Crippen LogP contribution in [0.15, 0.2) is 60.6 Å². The predicted molar refractivity (Wildman–Crippen MR) is 122 cm³/mol. The van der Waals surface area contributed by atoms with Gasteiger partial charge in [0, 0.05) is 48.9 Å². The predicted octanol–water partition coefficient (Wildman–Crippen LogP) is 3.42. The van der Waals surface area contributed by atoms with E-state index < -0.39 is 0 Å². The number of nitrogens with two attached hydrogens (primary N) is 1. The van der Waals surface area contributed by atoms with Crippen molar-refractivity contribution in [3.63, 3.8) is 0 Å². The molecule has 156 valence electrons. The molecule has 1 aliphatic heterocycles. The number of allylic oxidation sites excluding steroid dienone is 1. The highest BCUT2D eigenvalue weighted by molar-refractivity contribution is 5.75. The Bertz CT molecular complexity index is 1060. The van der Waals surface area contributed by atoms with Crippen LogP contribution in [0.2, 0.25) is 0 Å². The average Bonchev–Trinajstić information content (AvgIpc) is 3.08. The molecule has 0 bridgehead atoms. The minimum absolute atomic E-state index is 0.130. The zero-order valence-electron chi connectivity index (χ0n) is 17.5. The quantitative estimate of drug-likeness (QED) is 0.524. The largest absolute Gasteiger partial charge is 0.401 e. The highest BCUT2D eigenvalue weighted by Crippen LogP contribution is 2.35. The number of aromatic nitrogens is 2. The molecule has 2 aromatic carbocycles. The Balaban J connectivity index is 1.75. The molecule has 6 heteroatoms. The molecule has 4 rings (SSSR count). The van der Waals surface area contributed by atoms with Crippen LogP contribution in [-0.2, 0) is 13.5 Å². The van der Waals surface area contributed by atoms with Gasteiger partial charge in [-0.1, -0.05) is 24.3 Å². The summed E-state index contributed by atoms with van der Waals surface area (Å²) in [6, 6.07) is 14.9. The molecule has 5 N–H and O–H groups in total. The Kier molecular flexibility index (Phi) is 5.77. The molecule has 0 saturated carbocycles. The van der Waals surface area contributed by atoms with Gasteiger partial charge in [0.2, 0.25) is 0 Å². The molecule has 0 amide bonds. The molecular formula is C24H29N5O. The maximum atomic E-state index is 9.27. The summed E-state index contributed by atoms with van der Waals surface area (Å²) in [6.07, 6.45) is 5.50. The summed E-state index contributed by atoms with van der Waals surface area (Å²) in [4.78, 5) is 0. The monoisotopic (exact) mass is 403 g/mol. The minimum Gasteiger partial charge on any atom is -0.401 e. The first-order valence-electron chi connectivity index (χ1n) is 10.3. The van der Waals surface area contributed by atoms with Crippen LogP contribution < -0.4 is 16.4 Å². The van der Waals surface area contributed by atoms with Crippen LogP contribution in [0.5, 0.6) is 0 Å². The number of fused-ring (bicyclic) bond motifs is 1. The summed E-state index contributed by atoms with van der Waals surface area (Å²) in [6.45, 7) is 2.92. The number of benzene rings is 2. The molecule has 3 aromatic rings. The molecule has 0 saturated heterocycles. The minimum atomic E-state index is 0.130. The molecule has 1 aromatic heterocycles. The fourth-order valence-corrected chi connectivity index (χ4v) is 4.07. The zero-order chi connectivity index (χ0) is 21.1. The zero-order valence-corrected chi connectivity index (χ0v) is 17.5. The van der Waals surface area contributed by atoms with Gasteiger partial charge in [0.25, 0.3) is 0 Å². The number of hydrogen-bond donors (Lipinski definition) is 4. The van der Waals surface area contributed by atoms with E-state index in [4.69, 9.17) is 5.73 Å². The van der Waals surface area contributed by atoms with Crippen LogP contribution >= 0.6 is 0 Å². The number of hydrogen-bond acceptors (Lipinski definition) is 5. The van der Waals surface area contributed by atoms with Crippen molar-refractivity contribution in [1.82, 2.24) is 15.1 Å². The van der Waals surface area contributed by atoms with Crippen LogP contribution in [0.4, 0.5) is 5.69 Å². The number of nitrogens with one attached hydrogen (secondary N) is 2. The van der Waals surface area contributed by atoms with Gasteiger partial charge in [0.15, 0.2) is 0 Å². The van der Waals surface area contributed by atoms with Gasteiger partial charge in [-0.3, -0.25) is 4.68 Å². The lowest BCUT2D eigenvalue weighted by molar-refractivity contribution is 0.299. The molecule has 0 spiro atoms. The van der Waals surface area contributed by atoms with Crippen molar-refractivity contribution in [3.05, 3.63) is 77.2 Å². The lowest BCUT2D eigenvalue weighted by atomic mass is 9.93. The maximum absolute atomic E-state index is 9.27. The van der Waals surface area contributed by atoms with E-state index in [0.717, 1.165) is 52.3 Å². The van der Waals surface area contributed by atoms with Crippen LogP contribution in [-0.4, -0.2) is 28.0 Å². The molecule has 30 heavy (non-hydrogen) atoms. The Morgan fingerprint density at radius 1 is 1.27 bits per heavy atom. The first-order valence-corrected chi connectivity index (χ1v) is 10.3. The van der Waals surface area contributed by atoms with Gasteiger partial charge < -0.3 is 21.5 Å². The van der Waals surface area contributed by atoms with Crippen LogP contribution in [0.3, 0.4) is 0 Å². The Labute approximate surface area is 177 Å². The molecule has 2 heterocycles. The Morgan fingerprint density at radius 2 is 2.13 bits per heavy atom. The molecule has 1 unspecified atom stereocenters. The maximum Gasteiger partial charge on any atom is 0.0605 e. The van der Waals surface area contributed by atoms with E-state index in [1.165, 1.54) is 5.56 Å². The third-order valence-corrected chi connectivity index (χ3v) is 5.53. The summed E-state index contributed by atoms with van der Waals surface area (Å²) < 4.78 is 1.82. The van der Waals surface area contributed by atoms with E-state index in [-0.39, 0.29) is 12.6 Å². The molecule has 0 radical (unpaired) electrons. The molecule has 1 aliphatic rings. The van der Waals surface area contributed by atoms with Crippen molar-refractivity contribution in [2.75, 3.05) is 18.5 Å². The van der Waals surface area contributed by atoms with E-state index in [1.54, 1.807) is 0 Å². The fourth-order valence-electron chi connectivity index (χ4n) is 4.07. The number of aliphatic hydroxyl groups is 1. The summed E-state index contributed by atoms with van der Waals surface area (Å²) in [5, 5.41) is 20.8. The van der Waals surface area contributed by atoms with E-state index in [1.807, 2.05) is 43.2 Å². The first-order chi connectivity index (χ1) is 14.5. The number of aliphatic hydroxyl groups excluding tert-OH is 1. The van der Waals surface area contributed by atoms with Crippen molar-refractivity contribution >= 4 is 11.4 Å². The highest BCUT2D eigenvalue weighted by Gasteiger charge is 2.23.